The quantitative estimate of drug-likeness (QED) is 0.723. The van der Waals surface area contributed by atoms with Crippen LogP contribution in [0.3, 0.4) is 0 Å². The molecule has 2 N–H and O–H groups in total. The summed E-state index contributed by atoms with van der Waals surface area (Å²) < 4.78 is 0. The summed E-state index contributed by atoms with van der Waals surface area (Å²) in [6.45, 7) is 5.63. The first-order chi connectivity index (χ1) is 7.72. The Kier molecular flexibility index (Phi) is 7.06. The summed E-state index contributed by atoms with van der Waals surface area (Å²) in [5.74, 6) is 1.77. The molecule has 1 rings (SSSR count). The monoisotopic (exact) mass is 226 g/mol. The van der Waals surface area contributed by atoms with Crippen LogP contribution >= 0.6 is 0 Å². The van der Waals surface area contributed by atoms with Crippen molar-refractivity contribution in [2.75, 3.05) is 26.7 Å². The zero-order chi connectivity index (χ0) is 11.8. The molecule has 1 fully saturated rings. The molecule has 0 saturated heterocycles. The van der Waals surface area contributed by atoms with Crippen LogP contribution in [0.25, 0.3) is 0 Å². The molecule has 0 aromatic rings. The molecule has 0 aromatic carbocycles. The third kappa shape index (κ3) is 5.86. The van der Waals surface area contributed by atoms with E-state index in [9.17, 15) is 0 Å². The molecule has 0 bridgehead atoms. The summed E-state index contributed by atoms with van der Waals surface area (Å²) in [6, 6.07) is 0. The molecular weight excluding hydrogens is 196 g/mol. The average molecular weight is 226 g/mol. The zero-order valence-electron chi connectivity index (χ0n) is 11.3. The molecule has 0 amide bonds. The van der Waals surface area contributed by atoms with E-state index in [1.807, 2.05) is 0 Å². The maximum absolute atomic E-state index is 5.58. The van der Waals surface area contributed by atoms with Crippen molar-refractivity contribution in [2.24, 2.45) is 17.6 Å². The predicted molar refractivity (Wildman–Crippen MR) is 71.5 cm³/mol. The van der Waals surface area contributed by atoms with E-state index in [1.165, 1.54) is 51.6 Å². The summed E-state index contributed by atoms with van der Waals surface area (Å²) in [5.41, 5.74) is 5.58. The maximum atomic E-state index is 5.58. The van der Waals surface area contributed by atoms with E-state index >= 15 is 0 Å². The van der Waals surface area contributed by atoms with Crippen LogP contribution < -0.4 is 5.73 Å². The molecule has 2 nitrogen and oxygen atoms in total. The first-order valence-corrected chi connectivity index (χ1v) is 7.11. The van der Waals surface area contributed by atoms with E-state index in [2.05, 4.69) is 18.9 Å². The van der Waals surface area contributed by atoms with Gasteiger partial charge >= 0.3 is 0 Å². The van der Waals surface area contributed by atoms with E-state index in [0.29, 0.717) is 0 Å². The van der Waals surface area contributed by atoms with Gasteiger partial charge < -0.3 is 10.6 Å². The summed E-state index contributed by atoms with van der Waals surface area (Å²) in [4.78, 5) is 2.49. The zero-order valence-corrected chi connectivity index (χ0v) is 11.3. The van der Waals surface area contributed by atoms with Gasteiger partial charge in [0, 0.05) is 6.54 Å². The number of nitrogens with two attached hydrogens (primary N) is 1. The van der Waals surface area contributed by atoms with Gasteiger partial charge in [-0.15, -0.1) is 0 Å². The van der Waals surface area contributed by atoms with Gasteiger partial charge in [-0.1, -0.05) is 39.0 Å². The summed E-state index contributed by atoms with van der Waals surface area (Å²) in [6.07, 6.45) is 9.94. The number of nitrogens with zero attached hydrogens (tertiary/aromatic N) is 1. The fraction of sp³-hybridized carbons (Fsp3) is 1.00. The minimum atomic E-state index is 0.751. The van der Waals surface area contributed by atoms with E-state index in [4.69, 9.17) is 5.73 Å². The lowest BCUT2D eigenvalue weighted by atomic mass is 9.87. The van der Waals surface area contributed by atoms with Gasteiger partial charge in [-0.25, -0.2) is 0 Å². The van der Waals surface area contributed by atoms with Crippen LogP contribution in [0, 0.1) is 11.8 Å². The molecular formula is C14H30N2. The molecule has 16 heavy (non-hydrogen) atoms. The highest BCUT2D eigenvalue weighted by atomic mass is 15.1. The van der Waals surface area contributed by atoms with Gasteiger partial charge in [-0.3, -0.25) is 0 Å². The van der Waals surface area contributed by atoms with E-state index in [1.54, 1.807) is 0 Å². The Balaban J connectivity index is 2.06. The maximum Gasteiger partial charge on any atom is 0.000444 e. The predicted octanol–water partition coefficient (Wildman–Crippen LogP) is 2.87. The molecule has 1 aliphatic rings. The minimum Gasteiger partial charge on any atom is -0.330 e. The summed E-state index contributed by atoms with van der Waals surface area (Å²) in [7, 11) is 2.26. The standard InChI is InChI=1S/C14H30N2/c1-13(8-10-15)12-16(2)11-9-14-6-4-3-5-7-14/h13-14H,3-12,15H2,1-2H3. The second-order valence-electron chi connectivity index (χ2n) is 5.74. The van der Waals surface area contributed by atoms with Crippen LogP contribution in [0.15, 0.2) is 0 Å². The van der Waals surface area contributed by atoms with Gasteiger partial charge in [0.25, 0.3) is 0 Å². The van der Waals surface area contributed by atoms with Crippen molar-refractivity contribution in [3.05, 3.63) is 0 Å². The van der Waals surface area contributed by atoms with Gasteiger partial charge in [-0.2, -0.15) is 0 Å². The smallest absolute Gasteiger partial charge is 0.000444 e. The van der Waals surface area contributed by atoms with Crippen LogP contribution in [0.1, 0.15) is 51.9 Å². The van der Waals surface area contributed by atoms with Crippen molar-refractivity contribution in [1.29, 1.82) is 0 Å². The Hall–Kier alpha value is -0.0800. The highest BCUT2D eigenvalue weighted by Crippen LogP contribution is 2.26. The minimum absolute atomic E-state index is 0.751. The molecule has 0 radical (unpaired) electrons. The van der Waals surface area contributed by atoms with Gasteiger partial charge in [0.15, 0.2) is 0 Å². The molecule has 0 aromatic heterocycles. The third-order valence-electron chi connectivity index (χ3n) is 3.93. The highest BCUT2D eigenvalue weighted by molar-refractivity contribution is 4.68. The number of hydrogen-bond donors (Lipinski definition) is 1. The fourth-order valence-corrected chi connectivity index (χ4v) is 2.88. The lowest BCUT2D eigenvalue weighted by Gasteiger charge is -2.26. The van der Waals surface area contributed by atoms with E-state index < -0.39 is 0 Å². The Labute approximate surface area is 102 Å². The Morgan fingerprint density at radius 3 is 2.56 bits per heavy atom. The van der Waals surface area contributed by atoms with Gasteiger partial charge in [0.2, 0.25) is 0 Å². The van der Waals surface area contributed by atoms with E-state index in [0.717, 1.165) is 24.8 Å². The SMILES string of the molecule is CC(CCN)CN(C)CCC1CCCCC1. The molecule has 2 heteroatoms. The van der Waals surface area contributed by atoms with Gasteiger partial charge in [0.1, 0.15) is 0 Å². The second-order valence-corrected chi connectivity index (χ2v) is 5.74. The van der Waals surface area contributed by atoms with E-state index in [-0.39, 0.29) is 0 Å². The van der Waals surface area contributed by atoms with Crippen molar-refractivity contribution in [1.82, 2.24) is 4.90 Å². The number of hydrogen-bond acceptors (Lipinski definition) is 2. The molecule has 1 unspecified atom stereocenters. The molecule has 1 atom stereocenters. The van der Waals surface area contributed by atoms with Crippen molar-refractivity contribution >= 4 is 0 Å². The van der Waals surface area contributed by atoms with Crippen molar-refractivity contribution in [3.8, 4) is 0 Å². The third-order valence-corrected chi connectivity index (χ3v) is 3.93. The van der Waals surface area contributed by atoms with Crippen molar-refractivity contribution in [3.63, 3.8) is 0 Å². The van der Waals surface area contributed by atoms with Crippen LogP contribution in [0.4, 0.5) is 0 Å². The molecule has 1 saturated carbocycles. The normalized spacial score (nSPS) is 20.2. The lowest BCUT2D eigenvalue weighted by molar-refractivity contribution is 0.239. The lowest BCUT2D eigenvalue weighted by Crippen LogP contribution is -2.28. The Bertz CT molecular complexity index is 164. The van der Waals surface area contributed by atoms with Crippen LogP contribution in [0.2, 0.25) is 0 Å². The number of rotatable bonds is 7. The summed E-state index contributed by atoms with van der Waals surface area (Å²) >= 11 is 0. The van der Waals surface area contributed by atoms with Crippen LogP contribution in [-0.4, -0.2) is 31.6 Å². The van der Waals surface area contributed by atoms with Crippen molar-refractivity contribution < 1.29 is 0 Å². The second kappa shape index (κ2) is 8.08. The Morgan fingerprint density at radius 1 is 1.25 bits per heavy atom. The molecule has 0 aliphatic heterocycles. The fourth-order valence-electron chi connectivity index (χ4n) is 2.88. The largest absolute Gasteiger partial charge is 0.330 e. The first kappa shape index (κ1) is 14.0. The van der Waals surface area contributed by atoms with Gasteiger partial charge in [-0.05, 0) is 44.8 Å². The van der Waals surface area contributed by atoms with Crippen LogP contribution in [0.5, 0.6) is 0 Å². The molecule has 96 valence electrons. The topological polar surface area (TPSA) is 29.3 Å². The average Bonchev–Trinajstić information content (AvgIpc) is 2.28. The van der Waals surface area contributed by atoms with Crippen LogP contribution in [-0.2, 0) is 0 Å². The Morgan fingerprint density at radius 2 is 1.94 bits per heavy atom. The first-order valence-electron chi connectivity index (χ1n) is 7.11. The molecule has 0 spiro atoms. The van der Waals surface area contributed by atoms with Gasteiger partial charge in [0.05, 0.1) is 0 Å². The summed E-state index contributed by atoms with van der Waals surface area (Å²) in [5, 5.41) is 0. The van der Waals surface area contributed by atoms with Crippen molar-refractivity contribution in [2.45, 2.75) is 51.9 Å². The highest BCUT2D eigenvalue weighted by Gasteiger charge is 2.14. The molecule has 0 heterocycles. The molecule has 1 aliphatic carbocycles.